The Balaban J connectivity index is 1.30. The first-order valence-corrected chi connectivity index (χ1v) is 11.7. The second kappa shape index (κ2) is 9.82. The van der Waals surface area contributed by atoms with E-state index in [4.69, 9.17) is 18.7 Å². The van der Waals surface area contributed by atoms with Crippen molar-refractivity contribution in [2.24, 2.45) is 0 Å². The lowest BCUT2D eigenvalue weighted by molar-refractivity contribution is 0.0518. The molecular formula is C23H25N3O6S. The van der Waals surface area contributed by atoms with E-state index in [9.17, 15) is 9.35 Å². The minimum Gasteiger partial charge on any atom is -0.611 e. The molecule has 2 aromatic carbocycles. The molecule has 9 nitrogen and oxygen atoms in total. The maximum absolute atomic E-state index is 12.2. The number of alkyl carbamates (subject to hydrolysis) is 1. The summed E-state index contributed by atoms with van der Waals surface area (Å²) < 4.78 is 33.6. The van der Waals surface area contributed by atoms with Crippen LogP contribution in [0.15, 0.2) is 57.9 Å². The summed E-state index contributed by atoms with van der Waals surface area (Å²) in [5.41, 5.74) is 0.155. The minimum absolute atomic E-state index is 0.0670. The van der Waals surface area contributed by atoms with Crippen molar-refractivity contribution in [2.45, 2.75) is 43.9 Å². The second-order valence-electron chi connectivity index (χ2n) is 8.43. The monoisotopic (exact) mass is 471 g/mol. The molecule has 0 spiro atoms. The molecule has 1 saturated heterocycles. The third kappa shape index (κ3) is 6.95. The lowest BCUT2D eigenvalue weighted by atomic mass is 10.2. The molecule has 1 aliphatic rings. The van der Waals surface area contributed by atoms with Crippen molar-refractivity contribution < 1.29 is 28.1 Å². The Kier molecular flexibility index (Phi) is 6.87. The molecule has 2 heterocycles. The van der Waals surface area contributed by atoms with Gasteiger partial charge in [-0.3, -0.25) is 0 Å². The molecular weight excluding hydrogens is 446 g/mol. The van der Waals surface area contributed by atoms with Crippen molar-refractivity contribution in [1.82, 2.24) is 15.5 Å². The van der Waals surface area contributed by atoms with Crippen LogP contribution in [0.2, 0.25) is 0 Å². The van der Waals surface area contributed by atoms with Crippen LogP contribution in [0.3, 0.4) is 0 Å². The molecule has 174 valence electrons. The average Bonchev–Trinajstić information content (AvgIpc) is 3.45. The molecule has 2 atom stereocenters. The summed E-state index contributed by atoms with van der Waals surface area (Å²) >= 11 is -1.07. The number of carbonyl (C=O) groups is 1. The van der Waals surface area contributed by atoms with Gasteiger partial charge in [0.1, 0.15) is 35.5 Å². The summed E-state index contributed by atoms with van der Waals surface area (Å²) in [7, 11) is 0. The third-order valence-electron chi connectivity index (χ3n) is 4.43. The number of amides is 1. The fourth-order valence-electron chi connectivity index (χ4n) is 2.80. The maximum atomic E-state index is 12.2. The van der Waals surface area contributed by atoms with Crippen LogP contribution in [0.25, 0.3) is 11.4 Å². The van der Waals surface area contributed by atoms with Gasteiger partial charge in [-0.25, -0.2) is 4.79 Å². The molecule has 1 aromatic heterocycles. The molecule has 10 heteroatoms. The van der Waals surface area contributed by atoms with Crippen LogP contribution >= 0.6 is 0 Å². The number of ether oxygens (including phenoxy) is 3. The highest BCUT2D eigenvalue weighted by atomic mass is 32.2. The Labute approximate surface area is 194 Å². The molecule has 4 rings (SSSR count). The maximum Gasteiger partial charge on any atom is 0.408 e. The second-order valence-corrected chi connectivity index (χ2v) is 9.93. The topological polar surface area (TPSA) is 122 Å². The van der Waals surface area contributed by atoms with E-state index in [2.05, 4.69) is 15.5 Å². The van der Waals surface area contributed by atoms with E-state index >= 15 is 0 Å². The van der Waals surface area contributed by atoms with Crippen LogP contribution < -0.4 is 10.1 Å². The number of rotatable bonds is 8. The molecule has 1 N–H and O–H groups in total. The van der Waals surface area contributed by atoms with E-state index in [0.717, 1.165) is 10.5 Å². The van der Waals surface area contributed by atoms with Crippen LogP contribution in [-0.2, 0) is 27.2 Å². The lowest BCUT2D eigenvalue weighted by Crippen LogP contribution is -2.32. The summed E-state index contributed by atoms with van der Waals surface area (Å²) in [6.45, 7) is 6.12. The van der Waals surface area contributed by atoms with E-state index in [1.807, 2.05) is 12.1 Å². The molecule has 0 bridgehead atoms. The van der Waals surface area contributed by atoms with Gasteiger partial charge in [-0.15, -0.1) is 0 Å². The summed E-state index contributed by atoms with van der Waals surface area (Å²) in [4.78, 5) is 16.8. The fraction of sp³-hybridized carbons (Fsp3) is 0.348. The Morgan fingerprint density at radius 3 is 2.39 bits per heavy atom. The molecule has 0 saturated carbocycles. The van der Waals surface area contributed by atoms with E-state index in [1.165, 1.54) is 0 Å². The van der Waals surface area contributed by atoms with Crippen molar-refractivity contribution >= 4 is 17.3 Å². The van der Waals surface area contributed by atoms with E-state index in [1.54, 1.807) is 57.2 Å². The van der Waals surface area contributed by atoms with Gasteiger partial charge in [0.25, 0.3) is 0 Å². The zero-order valence-electron chi connectivity index (χ0n) is 18.6. The van der Waals surface area contributed by atoms with E-state index in [-0.39, 0.29) is 18.5 Å². The molecule has 3 aromatic rings. The number of aromatic nitrogens is 2. The zero-order valence-corrected chi connectivity index (χ0v) is 19.4. The van der Waals surface area contributed by atoms with Crippen molar-refractivity contribution in [3.8, 4) is 22.9 Å². The molecule has 33 heavy (non-hydrogen) atoms. The predicted molar refractivity (Wildman–Crippen MR) is 120 cm³/mol. The number of nitrogens with zero attached hydrogens (tertiary/aromatic N) is 2. The van der Waals surface area contributed by atoms with Crippen LogP contribution in [0.4, 0.5) is 4.79 Å². The lowest BCUT2D eigenvalue weighted by Gasteiger charge is -2.19. The largest absolute Gasteiger partial charge is 0.611 e. The number of epoxide rings is 1. The number of hydrogen-bond donors (Lipinski definition) is 1. The van der Waals surface area contributed by atoms with Gasteiger partial charge in [-0.05, 0) is 80.5 Å². The van der Waals surface area contributed by atoms with Crippen LogP contribution in [0.1, 0.15) is 26.7 Å². The smallest absolute Gasteiger partial charge is 0.408 e. The van der Waals surface area contributed by atoms with E-state index in [0.29, 0.717) is 29.7 Å². The Morgan fingerprint density at radius 1 is 1.15 bits per heavy atom. The van der Waals surface area contributed by atoms with Crippen molar-refractivity contribution in [1.29, 1.82) is 0 Å². The molecule has 1 fully saturated rings. The molecule has 0 radical (unpaired) electrons. The van der Waals surface area contributed by atoms with Crippen molar-refractivity contribution in [3.63, 3.8) is 0 Å². The standard InChI is InChI=1S/C23H25N3O6S/c1-23(2,3)31-22(27)24-12-20-25-21(26-32-20)15-4-6-16(7-5-15)30-17-8-10-19(11-9-17)33(28)14-18-13-29-18/h4-11,18H,12-14H2,1-3H3,(H,24,27). The van der Waals surface area contributed by atoms with Crippen LogP contribution in [0, 0.1) is 0 Å². The number of carbonyl (C=O) groups excluding carboxylic acids is 1. The number of nitrogens with one attached hydrogen (secondary N) is 1. The molecule has 2 unspecified atom stereocenters. The van der Waals surface area contributed by atoms with Gasteiger partial charge in [-0.1, -0.05) is 5.16 Å². The Morgan fingerprint density at radius 2 is 1.79 bits per heavy atom. The van der Waals surface area contributed by atoms with Crippen LogP contribution in [0.5, 0.6) is 11.5 Å². The first kappa shape index (κ1) is 23.1. The summed E-state index contributed by atoms with van der Waals surface area (Å²) in [6, 6.07) is 14.4. The molecule has 1 aliphatic heterocycles. The number of hydrogen-bond acceptors (Lipinski definition) is 8. The summed E-state index contributed by atoms with van der Waals surface area (Å²) in [5, 5.41) is 6.52. The van der Waals surface area contributed by atoms with Gasteiger partial charge in [0.15, 0.2) is 4.90 Å². The van der Waals surface area contributed by atoms with Gasteiger partial charge in [0, 0.05) is 5.56 Å². The third-order valence-corrected chi connectivity index (χ3v) is 5.90. The van der Waals surface area contributed by atoms with Gasteiger partial charge in [0.2, 0.25) is 11.7 Å². The van der Waals surface area contributed by atoms with Gasteiger partial charge in [0.05, 0.1) is 6.61 Å². The Bertz CT molecular complexity index is 1070. The predicted octanol–water partition coefficient (Wildman–Crippen LogP) is 4.06. The fourth-order valence-corrected chi connectivity index (χ4v) is 3.97. The minimum atomic E-state index is -1.07. The highest BCUT2D eigenvalue weighted by Crippen LogP contribution is 2.26. The van der Waals surface area contributed by atoms with Gasteiger partial charge in [-0.2, -0.15) is 4.98 Å². The highest BCUT2D eigenvalue weighted by molar-refractivity contribution is 7.91. The molecule has 1 amide bonds. The highest BCUT2D eigenvalue weighted by Gasteiger charge is 2.29. The normalized spacial score (nSPS) is 16.2. The first-order valence-electron chi connectivity index (χ1n) is 10.4. The summed E-state index contributed by atoms with van der Waals surface area (Å²) in [5.74, 6) is 2.46. The van der Waals surface area contributed by atoms with Crippen molar-refractivity contribution in [3.05, 3.63) is 54.4 Å². The summed E-state index contributed by atoms with van der Waals surface area (Å²) in [6.07, 6.45) is -0.434. The quantitative estimate of drug-likeness (QED) is 0.385. The van der Waals surface area contributed by atoms with E-state index < -0.39 is 22.9 Å². The van der Waals surface area contributed by atoms with Gasteiger partial charge >= 0.3 is 6.09 Å². The first-order chi connectivity index (χ1) is 15.7. The Hall–Kier alpha value is -3.08. The molecule has 0 aliphatic carbocycles. The van der Waals surface area contributed by atoms with Crippen LogP contribution in [-0.4, -0.2) is 44.9 Å². The average molecular weight is 472 g/mol. The van der Waals surface area contributed by atoms with Crippen molar-refractivity contribution in [2.75, 3.05) is 12.4 Å². The van der Waals surface area contributed by atoms with Gasteiger partial charge < -0.3 is 28.6 Å². The SMILES string of the molecule is CC(C)(C)OC(=O)NCc1nc(-c2ccc(Oc3ccc([S+]([O-])CC4CO4)cc3)cc2)no1. The zero-order chi connectivity index (χ0) is 23.4. The number of benzene rings is 2.